The Bertz CT molecular complexity index is 187. The number of ketones is 1. The highest BCUT2D eigenvalue weighted by molar-refractivity contribution is 6.04. The van der Waals surface area contributed by atoms with Crippen molar-refractivity contribution in [3.63, 3.8) is 0 Å². The number of rotatable bonds is 0. The van der Waals surface area contributed by atoms with E-state index in [2.05, 4.69) is 6.92 Å². The molecule has 1 atom stereocenters. The molecule has 1 aliphatic rings. The lowest BCUT2D eigenvalue weighted by atomic mass is 9.99. The highest BCUT2D eigenvalue weighted by Crippen LogP contribution is 2.11. The lowest BCUT2D eigenvalue weighted by Gasteiger charge is -2.05. The molecule has 0 radical (unpaired) electrons. The molecule has 0 aliphatic heterocycles. The van der Waals surface area contributed by atoms with Crippen LogP contribution in [0.2, 0.25) is 0 Å². The quantitative estimate of drug-likeness (QED) is 0.478. The Labute approximate surface area is 55.1 Å². The van der Waals surface area contributed by atoms with E-state index in [0.717, 1.165) is 5.57 Å². The minimum Gasteiger partial charge on any atom is -0.290 e. The molecule has 0 saturated heterocycles. The molecule has 9 heavy (non-hydrogen) atoms. The van der Waals surface area contributed by atoms with Gasteiger partial charge in [-0.05, 0) is 24.5 Å². The van der Waals surface area contributed by atoms with Crippen LogP contribution in [0.3, 0.4) is 0 Å². The van der Waals surface area contributed by atoms with Gasteiger partial charge in [-0.25, -0.2) is 0 Å². The first-order valence-corrected chi connectivity index (χ1v) is 3.11. The van der Waals surface area contributed by atoms with Crippen LogP contribution in [-0.4, -0.2) is 5.78 Å². The molecule has 0 N–H and O–H groups in total. The van der Waals surface area contributed by atoms with Crippen LogP contribution >= 0.6 is 0 Å². The zero-order valence-electron chi connectivity index (χ0n) is 5.72. The zero-order valence-corrected chi connectivity index (χ0v) is 5.72. The van der Waals surface area contributed by atoms with Crippen molar-refractivity contribution in [1.82, 2.24) is 0 Å². The molecule has 0 aromatic heterocycles. The molecule has 0 aromatic carbocycles. The maximum atomic E-state index is 10.8. The van der Waals surface area contributed by atoms with E-state index in [0.29, 0.717) is 5.92 Å². The Hall–Kier alpha value is -0.850. The molecular formula is C8H10O. The number of allylic oxidation sites excluding steroid dienone is 4. The molecule has 1 unspecified atom stereocenters. The van der Waals surface area contributed by atoms with Gasteiger partial charge in [0.1, 0.15) is 0 Å². The lowest BCUT2D eigenvalue weighted by Crippen LogP contribution is -2.02. The van der Waals surface area contributed by atoms with Crippen LogP contribution in [0.5, 0.6) is 0 Å². The molecule has 0 aromatic rings. The highest BCUT2D eigenvalue weighted by atomic mass is 16.1. The first-order chi connectivity index (χ1) is 4.20. The van der Waals surface area contributed by atoms with Crippen LogP contribution in [0.1, 0.15) is 13.8 Å². The van der Waals surface area contributed by atoms with Gasteiger partial charge < -0.3 is 0 Å². The molecule has 0 spiro atoms. The molecule has 0 fully saturated rings. The van der Waals surface area contributed by atoms with Crippen LogP contribution in [0, 0.1) is 5.92 Å². The van der Waals surface area contributed by atoms with E-state index in [4.69, 9.17) is 0 Å². The van der Waals surface area contributed by atoms with E-state index in [-0.39, 0.29) is 5.78 Å². The van der Waals surface area contributed by atoms with Crippen LogP contribution in [0.4, 0.5) is 0 Å². The predicted molar refractivity (Wildman–Crippen MR) is 37.1 cm³/mol. The van der Waals surface area contributed by atoms with Crippen molar-refractivity contribution >= 4 is 5.78 Å². The normalized spacial score (nSPS) is 26.2. The van der Waals surface area contributed by atoms with Gasteiger partial charge in [-0.2, -0.15) is 0 Å². The number of carbonyl (C=O) groups excluding carboxylic acids is 1. The fraction of sp³-hybridized carbons (Fsp3) is 0.375. The number of carbonyl (C=O) groups is 1. The van der Waals surface area contributed by atoms with Crippen molar-refractivity contribution in [2.75, 3.05) is 0 Å². The molecule has 0 bridgehead atoms. The Morgan fingerprint density at radius 1 is 1.56 bits per heavy atom. The van der Waals surface area contributed by atoms with Gasteiger partial charge in [-0.1, -0.05) is 19.1 Å². The lowest BCUT2D eigenvalue weighted by molar-refractivity contribution is -0.111. The number of hydrogen-bond acceptors (Lipinski definition) is 1. The van der Waals surface area contributed by atoms with Crippen LogP contribution in [0.25, 0.3) is 0 Å². The first kappa shape index (κ1) is 6.27. The van der Waals surface area contributed by atoms with Gasteiger partial charge >= 0.3 is 0 Å². The smallest absolute Gasteiger partial charge is 0.180 e. The molecular weight excluding hydrogens is 112 g/mol. The average molecular weight is 122 g/mol. The third-order valence-corrected chi connectivity index (χ3v) is 1.45. The van der Waals surface area contributed by atoms with Gasteiger partial charge in [0.25, 0.3) is 0 Å². The predicted octanol–water partition coefficient (Wildman–Crippen LogP) is 1.71. The largest absolute Gasteiger partial charge is 0.290 e. The second-order valence-electron chi connectivity index (χ2n) is 2.43. The fourth-order valence-electron chi connectivity index (χ4n) is 0.903. The van der Waals surface area contributed by atoms with E-state index in [1.54, 1.807) is 6.08 Å². The summed E-state index contributed by atoms with van der Waals surface area (Å²) in [6, 6.07) is 0. The van der Waals surface area contributed by atoms with Gasteiger partial charge in [0.15, 0.2) is 5.78 Å². The molecule has 0 heterocycles. The molecule has 1 rings (SSSR count). The van der Waals surface area contributed by atoms with Crippen molar-refractivity contribution in [3.8, 4) is 0 Å². The fourth-order valence-corrected chi connectivity index (χ4v) is 0.903. The summed E-state index contributed by atoms with van der Waals surface area (Å²) in [5, 5.41) is 0. The third-order valence-electron chi connectivity index (χ3n) is 1.45. The summed E-state index contributed by atoms with van der Waals surface area (Å²) in [7, 11) is 0. The molecule has 1 aliphatic carbocycles. The minimum atomic E-state index is 0.146. The van der Waals surface area contributed by atoms with Gasteiger partial charge in [0, 0.05) is 0 Å². The first-order valence-electron chi connectivity index (χ1n) is 3.11. The molecule has 48 valence electrons. The van der Waals surface area contributed by atoms with Gasteiger partial charge in [0.2, 0.25) is 0 Å². The summed E-state index contributed by atoms with van der Waals surface area (Å²) >= 11 is 0. The molecule has 0 amide bonds. The summed E-state index contributed by atoms with van der Waals surface area (Å²) in [6.07, 6.45) is 5.53. The monoisotopic (exact) mass is 122 g/mol. The van der Waals surface area contributed by atoms with Crippen LogP contribution in [0.15, 0.2) is 23.8 Å². The van der Waals surface area contributed by atoms with Crippen molar-refractivity contribution < 1.29 is 4.79 Å². The summed E-state index contributed by atoms with van der Waals surface area (Å²) < 4.78 is 0. The summed E-state index contributed by atoms with van der Waals surface area (Å²) in [6.45, 7) is 3.91. The van der Waals surface area contributed by atoms with Crippen molar-refractivity contribution in [2.45, 2.75) is 13.8 Å². The van der Waals surface area contributed by atoms with E-state index in [1.165, 1.54) is 0 Å². The van der Waals surface area contributed by atoms with Crippen LogP contribution in [-0.2, 0) is 4.79 Å². The van der Waals surface area contributed by atoms with Crippen molar-refractivity contribution in [2.24, 2.45) is 5.92 Å². The summed E-state index contributed by atoms with van der Waals surface area (Å²) in [5.41, 5.74) is 0.866. The minimum absolute atomic E-state index is 0.146. The van der Waals surface area contributed by atoms with E-state index in [9.17, 15) is 4.79 Å². The van der Waals surface area contributed by atoms with Crippen molar-refractivity contribution in [3.05, 3.63) is 23.8 Å². The third kappa shape index (κ3) is 1.28. The second kappa shape index (κ2) is 2.18. The Kier molecular flexibility index (Phi) is 1.52. The van der Waals surface area contributed by atoms with Crippen molar-refractivity contribution in [1.29, 1.82) is 0 Å². The topological polar surface area (TPSA) is 17.1 Å². The van der Waals surface area contributed by atoms with Gasteiger partial charge in [-0.3, -0.25) is 4.79 Å². The molecule has 0 saturated carbocycles. The average Bonchev–Trinajstić information content (AvgIpc) is 1.80. The molecule has 1 heteroatoms. The number of hydrogen-bond donors (Lipinski definition) is 0. The summed E-state index contributed by atoms with van der Waals surface area (Å²) in [5.74, 6) is 0.579. The van der Waals surface area contributed by atoms with Gasteiger partial charge in [-0.15, -0.1) is 0 Å². The zero-order chi connectivity index (χ0) is 6.85. The Morgan fingerprint density at radius 3 is 2.67 bits per heavy atom. The summed E-state index contributed by atoms with van der Waals surface area (Å²) in [4.78, 5) is 10.8. The Balaban J connectivity index is 2.82. The van der Waals surface area contributed by atoms with E-state index >= 15 is 0 Å². The molecule has 1 nitrogen and oxygen atoms in total. The second-order valence-corrected chi connectivity index (χ2v) is 2.43. The van der Waals surface area contributed by atoms with Crippen LogP contribution < -0.4 is 0 Å². The Morgan fingerprint density at radius 2 is 2.22 bits per heavy atom. The maximum Gasteiger partial charge on any atom is 0.180 e. The maximum absolute atomic E-state index is 10.8. The van der Waals surface area contributed by atoms with Gasteiger partial charge in [0.05, 0.1) is 0 Å². The highest BCUT2D eigenvalue weighted by Gasteiger charge is 2.06. The standard InChI is InChI=1S/C8H10O/c1-6-3-4-8(9)7(2)5-6/h3-6H,1-2H3. The van der Waals surface area contributed by atoms with E-state index in [1.807, 2.05) is 19.1 Å². The van der Waals surface area contributed by atoms with E-state index < -0.39 is 0 Å². The SMILES string of the molecule is CC1=CC(C)C=CC1=O.